The molecule has 0 bridgehead atoms. The van der Waals surface area contributed by atoms with Crippen LogP contribution in [0.2, 0.25) is 0 Å². The van der Waals surface area contributed by atoms with Crippen LogP contribution in [0.15, 0.2) is 10.7 Å². The van der Waals surface area contributed by atoms with E-state index in [4.69, 9.17) is 9.15 Å². The topological polar surface area (TPSA) is 76.4 Å². The quantitative estimate of drug-likeness (QED) is 0.790. The molecule has 1 aliphatic heterocycles. The molecule has 0 aliphatic carbocycles. The van der Waals surface area contributed by atoms with Gasteiger partial charge in [0.15, 0.2) is 5.69 Å². The molecule has 1 aliphatic rings. The minimum Gasteiger partial charge on any atom is -0.461 e. The number of nitrogens with one attached hydrogen (secondary N) is 2. The second-order valence-electron chi connectivity index (χ2n) is 4.69. The van der Waals surface area contributed by atoms with Gasteiger partial charge in [-0.2, -0.15) is 4.98 Å². The maximum Gasteiger partial charge on any atom is 0.360 e. The molecule has 0 spiro atoms. The highest BCUT2D eigenvalue weighted by molar-refractivity contribution is 5.87. The molecular formula is C12H19N3O3. The lowest BCUT2D eigenvalue weighted by atomic mass is 9.91. The Morgan fingerprint density at radius 3 is 3.00 bits per heavy atom. The number of ether oxygens (including phenoxy) is 1. The van der Waals surface area contributed by atoms with Crippen molar-refractivity contribution in [2.75, 3.05) is 25.0 Å². The number of hydrogen-bond acceptors (Lipinski definition) is 6. The molecule has 100 valence electrons. The molecule has 6 heteroatoms. The maximum atomic E-state index is 11.4. The Morgan fingerprint density at radius 1 is 1.61 bits per heavy atom. The van der Waals surface area contributed by atoms with Crippen molar-refractivity contribution in [1.29, 1.82) is 0 Å². The molecule has 2 N–H and O–H groups in total. The summed E-state index contributed by atoms with van der Waals surface area (Å²) in [6, 6.07) is 0.377. The highest BCUT2D eigenvalue weighted by Crippen LogP contribution is 2.23. The number of esters is 1. The Balaban J connectivity index is 1.99. The van der Waals surface area contributed by atoms with Crippen molar-refractivity contribution in [2.24, 2.45) is 0 Å². The highest BCUT2D eigenvalue weighted by Gasteiger charge is 2.28. The van der Waals surface area contributed by atoms with Gasteiger partial charge in [-0.05, 0) is 39.8 Å². The molecule has 2 heterocycles. The van der Waals surface area contributed by atoms with Crippen molar-refractivity contribution in [3.8, 4) is 0 Å². The molecule has 0 aromatic carbocycles. The summed E-state index contributed by atoms with van der Waals surface area (Å²) in [7, 11) is 0. The summed E-state index contributed by atoms with van der Waals surface area (Å²) in [6.07, 6.45) is 3.30. The SMILES string of the molecule is CCOC(=O)c1coc(NC2(C)CCNCC2)n1. The minimum atomic E-state index is -0.454. The van der Waals surface area contributed by atoms with Gasteiger partial charge >= 0.3 is 5.97 Å². The average molecular weight is 253 g/mol. The van der Waals surface area contributed by atoms with E-state index in [1.807, 2.05) is 0 Å². The van der Waals surface area contributed by atoms with Crippen molar-refractivity contribution in [3.05, 3.63) is 12.0 Å². The fourth-order valence-electron chi connectivity index (χ4n) is 1.99. The van der Waals surface area contributed by atoms with Crippen molar-refractivity contribution in [3.63, 3.8) is 0 Å². The van der Waals surface area contributed by atoms with Gasteiger partial charge < -0.3 is 19.8 Å². The number of hydrogen-bond donors (Lipinski definition) is 2. The van der Waals surface area contributed by atoms with Crippen LogP contribution in [0.4, 0.5) is 6.01 Å². The zero-order chi connectivity index (χ0) is 13.0. The molecule has 1 saturated heterocycles. The molecule has 0 saturated carbocycles. The molecule has 0 radical (unpaired) electrons. The van der Waals surface area contributed by atoms with E-state index >= 15 is 0 Å². The third-order valence-electron chi connectivity index (χ3n) is 3.10. The second-order valence-corrected chi connectivity index (χ2v) is 4.69. The van der Waals surface area contributed by atoms with E-state index in [9.17, 15) is 4.79 Å². The van der Waals surface area contributed by atoms with Crippen LogP contribution in [-0.4, -0.2) is 36.2 Å². The summed E-state index contributed by atoms with van der Waals surface area (Å²) in [6.45, 7) is 6.15. The summed E-state index contributed by atoms with van der Waals surface area (Å²) in [5, 5.41) is 6.55. The van der Waals surface area contributed by atoms with Gasteiger partial charge in [0.1, 0.15) is 6.26 Å². The van der Waals surface area contributed by atoms with Crippen LogP contribution in [0, 0.1) is 0 Å². The summed E-state index contributed by atoms with van der Waals surface area (Å²) in [5.41, 5.74) is 0.166. The normalized spacial score (nSPS) is 18.3. The van der Waals surface area contributed by atoms with Gasteiger partial charge in [-0.3, -0.25) is 0 Å². The first-order chi connectivity index (χ1) is 8.63. The van der Waals surface area contributed by atoms with Crippen LogP contribution in [0.3, 0.4) is 0 Å². The molecule has 2 rings (SSSR count). The van der Waals surface area contributed by atoms with Crippen molar-refractivity contribution >= 4 is 12.0 Å². The Labute approximate surface area is 106 Å². The molecule has 1 fully saturated rings. The predicted octanol–water partition coefficient (Wildman–Crippen LogP) is 1.41. The van der Waals surface area contributed by atoms with Gasteiger partial charge in [0.25, 0.3) is 6.01 Å². The van der Waals surface area contributed by atoms with Crippen LogP contribution in [0.25, 0.3) is 0 Å². The number of nitrogens with zero attached hydrogens (tertiary/aromatic N) is 1. The van der Waals surface area contributed by atoms with E-state index in [-0.39, 0.29) is 11.2 Å². The standard InChI is InChI=1S/C12H19N3O3/c1-3-17-10(16)9-8-18-11(14-9)15-12(2)4-6-13-7-5-12/h8,13H,3-7H2,1-2H3,(H,14,15). The fourth-order valence-corrected chi connectivity index (χ4v) is 1.99. The number of oxazole rings is 1. The van der Waals surface area contributed by atoms with Crippen LogP contribution in [0.5, 0.6) is 0 Å². The van der Waals surface area contributed by atoms with E-state index in [0.717, 1.165) is 25.9 Å². The number of carbonyl (C=O) groups is 1. The van der Waals surface area contributed by atoms with Crippen LogP contribution < -0.4 is 10.6 Å². The Bertz CT molecular complexity index is 410. The molecular weight excluding hydrogens is 234 g/mol. The van der Waals surface area contributed by atoms with Crippen LogP contribution in [0.1, 0.15) is 37.2 Å². The van der Waals surface area contributed by atoms with Crippen LogP contribution in [-0.2, 0) is 4.74 Å². The smallest absolute Gasteiger partial charge is 0.360 e. The van der Waals surface area contributed by atoms with Gasteiger partial charge in [0.05, 0.1) is 6.61 Å². The van der Waals surface area contributed by atoms with E-state index < -0.39 is 5.97 Å². The Hall–Kier alpha value is -1.56. The monoisotopic (exact) mass is 253 g/mol. The molecule has 18 heavy (non-hydrogen) atoms. The van der Waals surface area contributed by atoms with Gasteiger partial charge in [0, 0.05) is 5.54 Å². The number of piperidine rings is 1. The molecule has 0 atom stereocenters. The van der Waals surface area contributed by atoms with E-state index in [1.54, 1.807) is 6.92 Å². The molecule has 0 amide bonds. The van der Waals surface area contributed by atoms with E-state index in [1.165, 1.54) is 6.26 Å². The minimum absolute atomic E-state index is 0.0396. The molecule has 6 nitrogen and oxygen atoms in total. The molecule has 1 aromatic rings. The Morgan fingerprint density at radius 2 is 2.33 bits per heavy atom. The lowest BCUT2D eigenvalue weighted by Crippen LogP contribution is -2.45. The first-order valence-electron chi connectivity index (χ1n) is 6.24. The Kier molecular flexibility index (Phi) is 3.86. The largest absolute Gasteiger partial charge is 0.461 e. The van der Waals surface area contributed by atoms with Crippen molar-refractivity contribution in [2.45, 2.75) is 32.2 Å². The van der Waals surface area contributed by atoms with Crippen LogP contribution >= 0.6 is 0 Å². The molecule has 1 aromatic heterocycles. The summed E-state index contributed by atoms with van der Waals surface area (Å²) in [4.78, 5) is 15.5. The summed E-state index contributed by atoms with van der Waals surface area (Å²) < 4.78 is 10.1. The van der Waals surface area contributed by atoms with Gasteiger partial charge in [-0.15, -0.1) is 0 Å². The molecule has 0 unspecified atom stereocenters. The van der Waals surface area contributed by atoms with Crippen molar-refractivity contribution in [1.82, 2.24) is 10.3 Å². The highest BCUT2D eigenvalue weighted by atomic mass is 16.5. The fraction of sp³-hybridized carbons (Fsp3) is 0.667. The lowest BCUT2D eigenvalue weighted by Gasteiger charge is -2.34. The first-order valence-corrected chi connectivity index (χ1v) is 6.24. The summed E-state index contributed by atoms with van der Waals surface area (Å²) in [5.74, 6) is -0.454. The number of anilines is 1. The lowest BCUT2D eigenvalue weighted by molar-refractivity contribution is 0.0519. The van der Waals surface area contributed by atoms with E-state index in [2.05, 4.69) is 22.5 Å². The van der Waals surface area contributed by atoms with Gasteiger partial charge in [-0.25, -0.2) is 4.79 Å². The second kappa shape index (κ2) is 5.39. The third-order valence-corrected chi connectivity index (χ3v) is 3.10. The van der Waals surface area contributed by atoms with Crippen molar-refractivity contribution < 1.29 is 13.9 Å². The maximum absolute atomic E-state index is 11.4. The predicted molar refractivity (Wildman–Crippen MR) is 66.6 cm³/mol. The average Bonchev–Trinajstić information content (AvgIpc) is 2.78. The number of aromatic nitrogens is 1. The zero-order valence-electron chi connectivity index (χ0n) is 10.8. The van der Waals surface area contributed by atoms with Gasteiger partial charge in [-0.1, -0.05) is 0 Å². The van der Waals surface area contributed by atoms with E-state index in [0.29, 0.717) is 12.6 Å². The number of rotatable bonds is 4. The summed E-state index contributed by atoms with van der Waals surface area (Å²) >= 11 is 0. The zero-order valence-corrected chi connectivity index (χ0v) is 10.8. The van der Waals surface area contributed by atoms with Gasteiger partial charge in [0.2, 0.25) is 0 Å². The first kappa shape index (κ1) is 12.9. The number of carbonyl (C=O) groups excluding carboxylic acids is 1. The third kappa shape index (κ3) is 3.01.